The molecule has 2 aromatic rings. The van der Waals surface area contributed by atoms with Gasteiger partial charge in [-0.15, -0.1) is 0 Å². The molecule has 0 atom stereocenters. The third-order valence-corrected chi connectivity index (χ3v) is 3.57. The number of halogens is 1. The van der Waals surface area contributed by atoms with Crippen molar-refractivity contribution in [3.05, 3.63) is 38.9 Å². The summed E-state index contributed by atoms with van der Waals surface area (Å²) in [6.07, 6.45) is 0. The van der Waals surface area contributed by atoms with Gasteiger partial charge in [-0.3, -0.25) is 0 Å². The Morgan fingerprint density at radius 1 is 1.29 bits per heavy atom. The second-order valence-electron chi connectivity index (χ2n) is 4.95. The average Bonchev–Trinajstić information content (AvgIpc) is 2.42. The van der Waals surface area contributed by atoms with Crippen LogP contribution < -0.4 is 10.5 Å². The average molecular weight is 394 g/mol. The zero-order chi connectivity index (χ0) is 15.6. The zero-order valence-electron chi connectivity index (χ0n) is 12.0. The Balaban J connectivity index is 2.41. The molecule has 0 aliphatic heterocycles. The Hall–Kier alpha value is -1.88. The van der Waals surface area contributed by atoms with Crippen LogP contribution >= 0.6 is 22.6 Å². The molecule has 0 saturated carbocycles. The van der Waals surface area contributed by atoms with Crippen LogP contribution in [0.4, 0.5) is 5.69 Å². The topological polar surface area (TPSA) is 84.8 Å². The maximum atomic E-state index is 8.93. The normalized spacial score (nSPS) is 10.5. The molecule has 0 spiro atoms. The number of nitrogens with zero attached hydrogens (tertiary/aromatic N) is 3. The predicted molar refractivity (Wildman–Crippen MR) is 89.2 cm³/mol. The lowest BCUT2D eigenvalue weighted by atomic mass is 10.2. The van der Waals surface area contributed by atoms with Crippen molar-refractivity contribution >= 4 is 28.3 Å². The van der Waals surface area contributed by atoms with Crippen molar-refractivity contribution in [1.82, 2.24) is 9.97 Å². The first kappa shape index (κ1) is 15.5. The van der Waals surface area contributed by atoms with Crippen LogP contribution in [0, 0.1) is 21.8 Å². The summed E-state index contributed by atoms with van der Waals surface area (Å²) in [6, 6.07) is 7.15. The molecule has 1 heterocycles. The van der Waals surface area contributed by atoms with Gasteiger partial charge < -0.3 is 10.5 Å². The number of nitrogens with two attached hydrogens (primary N) is 1. The van der Waals surface area contributed by atoms with Crippen LogP contribution in [-0.4, -0.2) is 9.97 Å². The fraction of sp³-hybridized carbons (Fsp3) is 0.267. The summed E-state index contributed by atoms with van der Waals surface area (Å²) in [4.78, 5) is 8.78. The van der Waals surface area contributed by atoms with Gasteiger partial charge in [-0.05, 0) is 41.6 Å². The first-order chi connectivity index (χ1) is 9.90. The number of nitriles is 1. The Morgan fingerprint density at radius 2 is 2.00 bits per heavy atom. The standard InChI is InChI=1S/C15H15IN4O/c1-8(2)15-19-9(3)4-13(20-15)21-14-11(16)5-10(7-17)6-12(14)18/h4-6,8H,18H2,1-3H3. The van der Waals surface area contributed by atoms with Crippen molar-refractivity contribution in [2.24, 2.45) is 0 Å². The molecule has 2 N–H and O–H groups in total. The van der Waals surface area contributed by atoms with E-state index in [0.717, 1.165) is 15.1 Å². The van der Waals surface area contributed by atoms with E-state index in [1.807, 2.05) is 20.8 Å². The Kier molecular flexibility index (Phi) is 4.63. The van der Waals surface area contributed by atoms with Gasteiger partial charge in [-0.25, -0.2) is 4.98 Å². The number of nitrogen functional groups attached to an aromatic ring is 1. The van der Waals surface area contributed by atoms with E-state index in [0.29, 0.717) is 22.9 Å². The van der Waals surface area contributed by atoms with E-state index < -0.39 is 0 Å². The van der Waals surface area contributed by atoms with E-state index in [4.69, 9.17) is 15.7 Å². The molecule has 0 saturated heterocycles. The largest absolute Gasteiger partial charge is 0.436 e. The van der Waals surface area contributed by atoms with E-state index in [1.165, 1.54) is 0 Å². The summed E-state index contributed by atoms with van der Waals surface area (Å²) in [5.41, 5.74) is 7.72. The van der Waals surface area contributed by atoms with Gasteiger partial charge in [0, 0.05) is 17.7 Å². The van der Waals surface area contributed by atoms with Gasteiger partial charge in [0.2, 0.25) is 5.88 Å². The smallest absolute Gasteiger partial charge is 0.222 e. The monoisotopic (exact) mass is 394 g/mol. The van der Waals surface area contributed by atoms with Gasteiger partial charge in [-0.1, -0.05) is 13.8 Å². The molecule has 0 aliphatic rings. The first-order valence-electron chi connectivity index (χ1n) is 6.43. The highest BCUT2D eigenvalue weighted by Gasteiger charge is 2.13. The molecule has 6 heteroatoms. The van der Waals surface area contributed by atoms with E-state index in [-0.39, 0.29) is 5.92 Å². The highest BCUT2D eigenvalue weighted by atomic mass is 127. The van der Waals surface area contributed by atoms with Crippen LogP contribution in [0.1, 0.15) is 36.8 Å². The summed E-state index contributed by atoms with van der Waals surface area (Å²) in [5, 5.41) is 8.93. The molecule has 5 nitrogen and oxygen atoms in total. The van der Waals surface area contributed by atoms with Crippen LogP contribution in [0.3, 0.4) is 0 Å². The Bertz CT molecular complexity index is 699. The summed E-state index contributed by atoms with van der Waals surface area (Å²) >= 11 is 2.09. The van der Waals surface area contributed by atoms with Crippen LogP contribution in [0.5, 0.6) is 11.6 Å². The summed E-state index contributed by atoms with van der Waals surface area (Å²) in [5.74, 6) is 1.92. The van der Waals surface area contributed by atoms with Gasteiger partial charge >= 0.3 is 0 Å². The number of aromatic nitrogens is 2. The summed E-state index contributed by atoms with van der Waals surface area (Å²) < 4.78 is 6.59. The minimum Gasteiger partial charge on any atom is -0.436 e. The van der Waals surface area contributed by atoms with Crippen molar-refractivity contribution in [2.45, 2.75) is 26.7 Å². The predicted octanol–water partition coefficient (Wildman–Crippen LogP) is 3.76. The molecular formula is C15H15IN4O. The maximum absolute atomic E-state index is 8.93. The molecule has 1 aromatic carbocycles. The molecule has 0 aliphatic carbocycles. The number of rotatable bonds is 3. The van der Waals surface area contributed by atoms with Gasteiger partial charge in [0.05, 0.1) is 20.9 Å². The van der Waals surface area contributed by atoms with Gasteiger partial charge in [0.1, 0.15) is 5.82 Å². The van der Waals surface area contributed by atoms with E-state index >= 15 is 0 Å². The maximum Gasteiger partial charge on any atom is 0.222 e. The second kappa shape index (κ2) is 6.26. The highest BCUT2D eigenvalue weighted by molar-refractivity contribution is 14.1. The Morgan fingerprint density at radius 3 is 2.57 bits per heavy atom. The van der Waals surface area contributed by atoms with Crippen molar-refractivity contribution in [3.8, 4) is 17.7 Å². The van der Waals surface area contributed by atoms with Crippen LogP contribution in [-0.2, 0) is 0 Å². The third kappa shape index (κ3) is 3.61. The molecule has 0 unspecified atom stereocenters. The van der Waals surface area contributed by atoms with Crippen molar-refractivity contribution in [1.29, 1.82) is 5.26 Å². The van der Waals surface area contributed by atoms with Crippen LogP contribution in [0.15, 0.2) is 18.2 Å². The molecular weight excluding hydrogens is 379 g/mol. The second-order valence-corrected chi connectivity index (χ2v) is 6.11. The number of hydrogen-bond acceptors (Lipinski definition) is 5. The molecule has 1 aromatic heterocycles. The third-order valence-electron chi connectivity index (χ3n) is 2.77. The fourth-order valence-corrected chi connectivity index (χ4v) is 2.52. The molecule has 0 fully saturated rings. The van der Waals surface area contributed by atoms with Crippen molar-refractivity contribution in [3.63, 3.8) is 0 Å². The lowest BCUT2D eigenvalue weighted by Crippen LogP contribution is -2.03. The molecule has 108 valence electrons. The minimum absolute atomic E-state index is 0.213. The van der Waals surface area contributed by atoms with Crippen molar-refractivity contribution in [2.75, 3.05) is 5.73 Å². The van der Waals surface area contributed by atoms with E-state index in [1.54, 1.807) is 18.2 Å². The fourth-order valence-electron chi connectivity index (χ4n) is 1.76. The lowest BCUT2D eigenvalue weighted by Gasteiger charge is -2.12. The van der Waals surface area contributed by atoms with Crippen LogP contribution in [0.25, 0.3) is 0 Å². The molecule has 0 bridgehead atoms. The molecule has 0 radical (unpaired) electrons. The first-order valence-corrected chi connectivity index (χ1v) is 7.51. The minimum atomic E-state index is 0.213. The van der Waals surface area contributed by atoms with E-state index in [2.05, 4.69) is 38.6 Å². The van der Waals surface area contributed by atoms with E-state index in [9.17, 15) is 0 Å². The van der Waals surface area contributed by atoms with Gasteiger partial charge in [0.15, 0.2) is 5.75 Å². The number of ether oxygens (including phenoxy) is 1. The molecule has 21 heavy (non-hydrogen) atoms. The lowest BCUT2D eigenvalue weighted by molar-refractivity contribution is 0.455. The molecule has 2 rings (SSSR count). The quantitative estimate of drug-likeness (QED) is 0.633. The van der Waals surface area contributed by atoms with Gasteiger partial charge in [-0.2, -0.15) is 10.2 Å². The molecule has 0 amide bonds. The Labute approximate surface area is 137 Å². The van der Waals surface area contributed by atoms with Gasteiger partial charge in [0.25, 0.3) is 0 Å². The number of hydrogen-bond donors (Lipinski definition) is 1. The summed E-state index contributed by atoms with van der Waals surface area (Å²) in [6.45, 7) is 5.95. The van der Waals surface area contributed by atoms with Crippen LogP contribution in [0.2, 0.25) is 0 Å². The SMILES string of the molecule is Cc1cc(Oc2c(N)cc(C#N)cc2I)nc(C(C)C)n1. The number of benzene rings is 1. The highest BCUT2D eigenvalue weighted by Crippen LogP contribution is 2.33. The van der Waals surface area contributed by atoms with Crippen molar-refractivity contribution < 1.29 is 4.74 Å². The number of anilines is 1. The summed E-state index contributed by atoms with van der Waals surface area (Å²) in [7, 11) is 0. The number of aryl methyl sites for hydroxylation is 1. The zero-order valence-corrected chi connectivity index (χ0v) is 14.2.